The Kier molecular flexibility index (Phi) is 18.9. The summed E-state index contributed by atoms with van der Waals surface area (Å²) in [6, 6.07) is 0. The number of ketones is 2. The molecule has 0 unspecified atom stereocenters. The van der Waals surface area contributed by atoms with Crippen LogP contribution in [0, 0.1) is 0 Å². The molecule has 0 aromatic rings. The van der Waals surface area contributed by atoms with Crippen molar-refractivity contribution in [3.63, 3.8) is 0 Å². The molecule has 13 heteroatoms. The van der Waals surface area contributed by atoms with Crippen LogP contribution in [0.5, 0.6) is 0 Å². The fraction of sp³-hybridized carbons (Fsp3) is 0.571. The van der Waals surface area contributed by atoms with Gasteiger partial charge in [0.2, 0.25) is 11.6 Å². The monoisotopic (exact) mass is 622 g/mol. The Morgan fingerprint density at radius 3 is 1.20 bits per heavy atom. The molecule has 12 nitrogen and oxygen atoms in total. The Hall–Kier alpha value is -2.70. The number of carbonyl (C=O) groups is 2. The minimum absolute atomic E-state index is 0. The van der Waals surface area contributed by atoms with Crippen LogP contribution in [0.2, 0.25) is 0 Å². The van der Waals surface area contributed by atoms with E-state index in [0.29, 0.717) is 49.0 Å². The van der Waals surface area contributed by atoms with Gasteiger partial charge in [0.1, 0.15) is 0 Å². The van der Waals surface area contributed by atoms with Crippen LogP contribution in [0.1, 0.15) is 0 Å². The van der Waals surface area contributed by atoms with Gasteiger partial charge < -0.3 is 40.4 Å². The third kappa shape index (κ3) is 16.4. The second-order valence-corrected chi connectivity index (χ2v) is 10.5. The summed E-state index contributed by atoms with van der Waals surface area (Å²) in [4.78, 5) is 40.0. The zero-order valence-corrected chi connectivity index (χ0v) is 29.0. The Balaban J connectivity index is 0.000000762. The molecule has 0 aromatic heterocycles. The van der Waals surface area contributed by atoms with Gasteiger partial charge in [-0.15, -0.1) is 0 Å². The molecule has 0 fully saturated rings. The molecule has 0 bridgehead atoms. The maximum Gasteiger partial charge on any atom is 2.00 e. The summed E-state index contributed by atoms with van der Waals surface area (Å²) in [7, 11) is 15.6. The van der Waals surface area contributed by atoms with Crippen LogP contribution in [-0.2, 0) is 29.1 Å². The molecule has 2 rings (SSSR count). The number of hydrogen-bond donors (Lipinski definition) is 2. The average Bonchev–Trinajstić information content (AvgIpc) is 2.83. The van der Waals surface area contributed by atoms with E-state index >= 15 is 0 Å². The van der Waals surface area contributed by atoms with Crippen molar-refractivity contribution in [3.8, 4) is 0 Å². The van der Waals surface area contributed by atoms with E-state index in [1.807, 2.05) is 76.0 Å². The summed E-state index contributed by atoms with van der Waals surface area (Å²) < 4.78 is 0. The predicted octanol–water partition coefficient (Wildman–Crippen LogP) is -2.30. The van der Waals surface area contributed by atoms with Gasteiger partial charge >= 0.3 is 19.5 Å². The van der Waals surface area contributed by atoms with Gasteiger partial charge in [0.15, 0.2) is 0 Å². The van der Waals surface area contributed by atoms with Gasteiger partial charge in [0, 0.05) is 39.3 Å². The largest absolute Gasteiger partial charge is 2.00 e. The Morgan fingerprint density at radius 1 is 0.585 bits per heavy atom. The van der Waals surface area contributed by atoms with Crippen LogP contribution in [0.3, 0.4) is 0 Å². The summed E-state index contributed by atoms with van der Waals surface area (Å²) in [5.41, 5.74) is 1.57. The third-order valence-corrected chi connectivity index (χ3v) is 5.53. The summed E-state index contributed by atoms with van der Waals surface area (Å²) >= 11 is 0. The Bertz CT molecular complexity index is 962. The molecular formula is C28H46N8O4Zn. The molecule has 0 saturated heterocycles. The average molecular weight is 624 g/mol. The number of aliphatic imine (C=N–C) groups is 2. The normalized spacial score (nSPS) is 17.3. The van der Waals surface area contributed by atoms with Crippen molar-refractivity contribution in [1.29, 1.82) is 0 Å². The van der Waals surface area contributed by atoms with E-state index in [4.69, 9.17) is 0 Å². The predicted molar refractivity (Wildman–Crippen MR) is 157 cm³/mol. The van der Waals surface area contributed by atoms with E-state index in [9.17, 15) is 19.8 Å². The van der Waals surface area contributed by atoms with Crippen LogP contribution in [0.4, 0.5) is 0 Å². The molecule has 41 heavy (non-hydrogen) atoms. The molecule has 2 N–H and O–H groups in total. The minimum Gasteiger partial charge on any atom is -0.871 e. The minimum atomic E-state index is -0.313. The molecule has 2 aliphatic rings. The van der Waals surface area contributed by atoms with Gasteiger partial charge in [-0.2, -0.15) is 0 Å². The summed E-state index contributed by atoms with van der Waals surface area (Å²) in [6.07, 6.45) is 5.31. The molecule has 0 aromatic carbocycles. The Labute approximate surface area is 258 Å². The van der Waals surface area contributed by atoms with Crippen LogP contribution in [-0.4, -0.2) is 151 Å². The number of nitrogens with zero attached hydrogens (tertiary/aromatic N) is 6. The van der Waals surface area contributed by atoms with Gasteiger partial charge in [-0.25, -0.2) is 0 Å². The molecular weight excluding hydrogens is 578 g/mol. The maximum absolute atomic E-state index is 11.7. The van der Waals surface area contributed by atoms with Crippen LogP contribution in [0.25, 0.3) is 0 Å². The molecule has 0 atom stereocenters. The first kappa shape index (κ1) is 38.3. The third-order valence-electron chi connectivity index (χ3n) is 5.53. The SMILES string of the molecule is CN(C)CCN=C1C=C(NCCN(C)C)C(=O)C=C1[O-].CN(C)CCN=C1C=C(NCCN(C)C)C(=O)C=C1[O-].[Zn+2]. The van der Waals surface area contributed by atoms with Crippen molar-refractivity contribution < 1.29 is 39.3 Å². The fourth-order valence-electron chi connectivity index (χ4n) is 3.19. The smallest absolute Gasteiger partial charge is 0.871 e. The van der Waals surface area contributed by atoms with Crippen LogP contribution < -0.4 is 20.8 Å². The van der Waals surface area contributed by atoms with Gasteiger partial charge in [-0.05, 0) is 80.7 Å². The van der Waals surface area contributed by atoms with E-state index in [1.54, 1.807) is 12.2 Å². The Morgan fingerprint density at radius 2 is 0.902 bits per heavy atom. The first-order chi connectivity index (χ1) is 18.8. The summed E-state index contributed by atoms with van der Waals surface area (Å²) in [5.74, 6) is -1.18. The zero-order valence-electron chi connectivity index (χ0n) is 26.0. The number of hydrogen-bond acceptors (Lipinski definition) is 12. The molecule has 2 aliphatic carbocycles. The second-order valence-electron chi connectivity index (χ2n) is 10.5. The number of carbonyl (C=O) groups excluding carboxylic acids is 2. The van der Waals surface area contributed by atoms with Crippen molar-refractivity contribution >= 4 is 23.0 Å². The molecule has 0 radical (unpaired) electrons. The van der Waals surface area contributed by atoms with Gasteiger partial charge in [-0.1, -0.05) is 11.5 Å². The number of likely N-dealkylation sites (N-methyl/N-ethyl adjacent to an activating group) is 4. The van der Waals surface area contributed by atoms with Crippen molar-refractivity contribution in [2.45, 2.75) is 0 Å². The quantitative estimate of drug-likeness (QED) is 0.160. The van der Waals surface area contributed by atoms with E-state index in [2.05, 4.69) is 20.6 Å². The number of allylic oxidation sites excluding steroid dienone is 4. The zero-order chi connectivity index (χ0) is 30.2. The van der Waals surface area contributed by atoms with Crippen LogP contribution in [0.15, 0.2) is 57.2 Å². The molecule has 0 amide bonds. The maximum atomic E-state index is 11.7. The fourth-order valence-corrected chi connectivity index (χ4v) is 3.19. The van der Waals surface area contributed by atoms with Crippen LogP contribution >= 0.6 is 0 Å². The molecule has 224 valence electrons. The number of nitrogens with one attached hydrogen (secondary N) is 2. The first-order valence-corrected chi connectivity index (χ1v) is 13.3. The van der Waals surface area contributed by atoms with Crippen molar-refractivity contribution in [2.75, 3.05) is 109 Å². The van der Waals surface area contributed by atoms with E-state index < -0.39 is 0 Å². The van der Waals surface area contributed by atoms with E-state index in [0.717, 1.165) is 38.3 Å². The van der Waals surface area contributed by atoms with Gasteiger partial charge in [-0.3, -0.25) is 19.6 Å². The molecule has 0 spiro atoms. The van der Waals surface area contributed by atoms with Gasteiger partial charge in [0.05, 0.1) is 35.9 Å². The van der Waals surface area contributed by atoms with Gasteiger partial charge in [0.25, 0.3) is 0 Å². The van der Waals surface area contributed by atoms with E-state index in [1.165, 1.54) is 0 Å². The summed E-state index contributed by atoms with van der Waals surface area (Å²) in [6.45, 7) is 5.53. The first-order valence-electron chi connectivity index (χ1n) is 13.3. The summed E-state index contributed by atoms with van der Waals surface area (Å²) in [5, 5.41) is 29.5. The molecule has 0 aliphatic heterocycles. The standard InChI is InChI=1S/2C14H24N4O2.Zn/c2*1-17(2)7-5-15-11-9-12(14(20)10-13(11)19)16-6-8-18(3)4;/h2*9-10,15,20H,5-8H2,1-4H3;/q;;+2/p-2. The molecule has 0 saturated carbocycles. The van der Waals surface area contributed by atoms with Crippen molar-refractivity contribution in [3.05, 3.63) is 47.2 Å². The van der Waals surface area contributed by atoms with Crippen molar-refractivity contribution in [1.82, 2.24) is 30.2 Å². The van der Waals surface area contributed by atoms with Crippen molar-refractivity contribution in [2.24, 2.45) is 9.98 Å². The second kappa shape index (κ2) is 20.2. The molecule has 0 heterocycles. The topological polar surface area (TPSA) is 142 Å². The number of rotatable bonds is 14. The van der Waals surface area contributed by atoms with E-state index in [-0.39, 0.29) is 42.6 Å².